The first-order valence-electron chi connectivity index (χ1n) is 14.7. The molecule has 0 bridgehead atoms. The molecule has 43 heavy (non-hydrogen) atoms. The average Bonchev–Trinajstić information content (AvgIpc) is 3.44. The number of benzene rings is 2. The molecule has 5 rings (SSSR count). The number of nitrogens with zero attached hydrogens (tertiary/aromatic N) is 5. The Kier molecular flexibility index (Phi) is 9.67. The van der Waals surface area contributed by atoms with Crippen LogP contribution in [0, 0.1) is 5.82 Å². The number of hydrogen-bond donors (Lipinski definition) is 1. The zero-order valence-corrected chi connectivity index (χ0v) is 26.0. The molecule has 2 aromatic heterocycles. The molecule has 0 aliphatic carbocycles. The summed E-state index contributed by atoms with van der Waals surface area (Å²) in [6.07, 6.45) is 6.08. The Hall–Kier alpha value is -3.89. The maximum absolute atomic E-state index is 15.8. The van der Waals surface area contributed by atoms with Gasteiger partial charge in [0.25, 0.3) is 0 Å². The summed E-state index contributed by atoms with van der Waals surface area (Å²) in [6.45, 7) is 11.4. The first kappa shape index (κ1) is 30.6. The van der Waals surface area contributed by atoms with E-state index in [-0.39, 0.29) is 11.9 Å². The van der Waals surface area contributed by atoms with Crippen LogP contribution in [0.3, 0.4) is 0 Å². The van der Waals surface area contributed by atoms with Crippen LogP contribution in [0.25, 0.3) is 28.1 Å². The molecule has 1 N–H and O–H groups in total. The lowest BCUT2D eigenvalue weighted by atomic mass is 10.0. The molecule has 1 amide bonds. The molecule has 1 saturated heterocycles. The molecule has 0 spiro atoms. The van der Waals surface area contributed by atoms with Gasteiger partial charge in [0.05, 0.1) is 11.4 Å². The van der Waals surface area contributed by atoms with E-state index >= 15 is 4.39 Å². The van der Waals surface area contributed by atoms with Crippen molar-refractivity contribution in [1.29, 1.82) is 0 Å². The molecular weight excluding hydrogens is 563 g/mol. The highest BCUT2D eigenvalue weighted by molar-refractivity contribution is 8.00. The van der Waals surface area contributed by atoms with E-state index in [1.807, 2.05) is 57.3 Å². The second-order valence-corrected chi connectivity index (χ2v) is 12.5. The molecule has 0 radical (unpaired) electrons. The highest BCUT2D eigenvalue weighted by atomic mass is 32.2. The van der Waals surface area contributed by atoms with Gasteiger partial charge in [0.15, 0.2) is 5.82 Å². The molecule has 8 nitrogen and oxygen atoms in total. The summed E-state index contributed by atoms with van der Waals surface area (Å²) in [6, 6.07) is 17.5. The Morgan fingerprint density at radius 1 is 1.00 bits per heavy atom. The van der Waals surface area contributed by atoms with Crippen LogP contribution in [0.5, 0.6) is 0 Å². The van der Waals surface area contributed by atoms with E-state index in [1.54, 1.807) is 34.1 Å². The number of hydrogen-bond acceptors (Lipinski definition) is 7. The summed E-state index contributed by atoms with van der Waals surface area (Å²) >= 11 is 1.50. The predicted molar refractivity (Wildman–Crippen MR) is 172 cm³/mol. The quantitative estimate of drug-likeness (QED) is 0.160. The number of anilines is 1. The van der Waals surface area contributed by atoms with Crippen molar-refractivity contribution >= 4 is 23.7 Å². The van der Waals surface area contributed by atoms with Gasteiger partial charge < -0.3 is 14.4 Å². The minimum absolute atomic E-state index is 0.250. The van der Waals surface area contributed by atoms with Crippen LogP contribution in [0.4, 0.5) is 14.9 Å². The summed E-state index contributed by atoms with van der Waals surface area (Å²) in [4.78, 5) is 20.7. The Labute approximate surface area is 257 Å². The van der Waals surface area contributed by atoms with Crippen LogP contribution in [-0.4, -0.2) is 68.2 Å². The van der Waals surface area contributed by atoms with Gasteiger partial charge in [-0.15, -0.1) is 0 Å². The van der Waals surface area contributed by atoms with Gasteiger partial charge in [-0.2, -0.15) is 5.10 Å². The van der Waals surface area contributed by atoms with Crippen molar-refractivity contribution in [2.24, 2.45) is 0 Å². The normalized spacial score (nSPS) is 14.1. The van der Waals surface area contributed by atoms with Gasteiger partial charge in [-0.3, -0.25) is 9.88 Å². The number of carbonyl (C=O) groups excluding carboxylic acids is 1. The number of ether oxygens (including phenoxy) is 1. The van der Waals surface area contributed by atoms with Crippen molar-refractivity contribution in [3.8, 4) is 28.1 Å². The minimum atomic E-state index is -0.493. The van der Waals surface area contributed by atoms with Gasteiger partial charge in [-0.1, -0.05) is 43.1 Å². The maximum Gasteiger partial charge on any atom is 0.410 e. The highest BCUT2D eigenvalue weighted by Gasteiger charge is 2.26. The number of pyridine rings is 1. The third-order valence-electron chi connectivity index (χ3n) is 7.08. The van der Waals surface area contributed by atoms with Gasteiger partial charge in [-0.05, 0) is 63.1 Å². The minimum Gasteiger partial charge on any atom is -0.444 e. The summed E-state index contributed by atoms with van der Waals surface area (Å²) < 4.78 is 26.2. The number of rotatable bonds is 9. The number of piperazine rings is 1. The molecular formula is C33H39FN6O2S. The van der Waals surface area contributed by atoms with E-state index in [1.165, 1.54) is 17.5 Å². The number of amides is 1. The second-order valence-electron chi connectivity index (χ2n) is 11.6. The molecule has 0 atom stereocenters. The largest absolute Gasteiger partial charge is 0.444 e. The molecule has 3 heterocycles. The van der Waals surface area contributed by atoms with Crippen LogP contribution in [0.2, 0.25) is 0 Å². The number of carbonyl (C=O) groups is 1. The molecule has 1 aliphatic rings. The van der Waals surface area contributed by atoms with Gasteiger partial charge >= 0.3 is 6.09 Å². The Morgan fingerprint density at radius 2 is 1.72 bits per heavy atom. The van der Waals surface area contributed by atoms with E-state index in [0.717, 1.165) is 43.1 Å². The Morgan fingerprint density at radius 3 is 2.40 bits per heavy atom. The van der Waals surface area contributed by atoms with Crippen molar-refractivity contribution in [3.63, 3.8) is 0 Å². The van der Waals surface area contributed by atoms with Crippen molar-refractivity contribution < 1.29 is 13.9 Å². The zero-order chi connectivity index (χ0) is 30.4. The van der Waals surface area contributed by atoms with Crippen LogP contribution in [0.15, 0.2) is 73.2 Å². The molecule has 4 aromatic rings. The fraction of sp³-hybridized carbons (Fsp3) is 0.364. The number of aromatic nitrogens is 3. The maximum atomic E-state index is 15.8. The fourth-order valence-corrected chi connectivity index (χ4v) is 5.52. The fourth-order valence-electron chi connectivity index (χ4n) is 4.90. The summed E-state index contributed by atoms with van der Waals surface area (Å²) in [5.41, 5.74) is 4.77. The van der Waals surface area contributed by atoms with Gasteiger partial charge in [-0.25, -0.2) is 13.9 Å². The topological polar surface area (TPSA) is 75.5 Å². The van der Waals surface area contributed by atoms with Gasteiger partial charge in [0.1, 0.15) is 11.3 Å². The predicted octanol–water partition coefficient (Wildman–Crippen LogP) is 7.26. The first-order valence-corrected chi connectivity index (χ1v) is 15.7. The molecule has 0 saturated carbocycles. The second kappa shape index (κ2) is 13.6. The molecule has 1 fully saturated rings. The van der Waals surface area contributed by atoms with E-state index in [9.17, 15) is 4.79 Å². The third-order valence-corrected chi connectivity index (χ3v) is 8.05. The highest BCUT2D eigenvalue weighted by Crippen LogP contribution is 2.36. The third kappa shape index (κ3) is 7.74. The smallest absolute Gasteiger partial charge is 0.410 e. The van der Waals surface area contributed by atoms with E-state index in [4.69, 9.17) is 9.84 Å². The summed E-state index contributed by atoms with van der Waals surface area (Å²) in [5.74, 6) is 0.588. The van der Waals surface area contributed by atoms with Crippen LogP contribution in [-0.2, 0) is 11.3 Å². The standard InChI is InChI=1S/C33H39FN6O2S/c1-5-21-43-37-29-8-6-7-27(30(29)34)28-23-40(36-31(28)25-13-15-35-16-14-25)26-11-9-24(10-12-26)22-38-17-19-39(20-18-38)32(41)42-33(2,3)4/h6-16,23,37H,5,17-22H2,1-4H3. The van der Waals surface area contributed by atoms with Gasteiger partial charge in [0, 0.05) is 73.8 Å². The van der Waals surface area contributed by atoms with Crippen LogP contribution in [0.1, 0.15) is 39.7 Å². The van der Waals surface area contributed by atoms with Crippen molar-refractivity contribution in [3.05, 3.63) is 84.6 Å². The molecule has 226 valence electrons. The molecule has 0 unspecified atom stereocenters. The number of nitrogens with one attached hydrogen (secondary N) is 1. The van der Waals surface area contributed by atoms with E-state index in [2.05, 4.69) is 33.7 Å². The molecule has 2 aromatic carbocycles. The monoisotopic (exact) mass is 602 g/mol. The number of halogens is 1. The van der Waals surface area contributed by atoms with E-state index < -0.39 is 5.60 Å². The Bertz CT molecular complexity index is 1510. The molecule has 10 heteroatoms. The lowest BCUT2D eigenvalue weighted by Crippen LogP contribution is -2.49. The average molecular weight is 603 g/mol. The van der Waals surface area contributed by atoms with Gasteiger partial charge in [0.2, 0.25) is 0 Å². The van der Waals surface area contributed by atoms with Crippen molar-refractivity contribution in [2.45, 2.75) is 46.3 Å². The summed E-state index contributed by atoms with van der Waals surface area (Å²) in [7, 11) is 0. The lowest BCUT2D eigenvalue weighted by Gasteiger charge is -2.35. The van der Waals surface area contributed by atoms with Crippen molar-refractivity contribution in [1.82, 2.24) is 24.6 Å². The van der Waals surface area contributed by atoms with Crippen LogP contribution >= 0.6 is 11.9 Å². The zero-order valence-electron chi connectivity index (χ0n) is 25.2. The first-order chi connectivity index (χ1) is 20.7. The Balaban J connectivity index is 1.33. The molecule has 1 aliphatic heterocycles. The summed E-state index contributed by atoms with van der Waals surface area (Å²) in [5, 5.41) is 4.91. The lowest BCUT2D eigenvalue weighted by molar-refractivity contribution is 0.0139. The SMILES string of the molecule is CCCSNc1cccc(-c2cn(-c3ccc(CN4CCN(C(=O)OC(C)(C)C)CC4)cc3)nc2-c2ccncc2)c1F. The van der Waals surface area contributed by atoms with E-state index in [0.29, 0.717) is 35.6 Å². The van der Waals surface area contributed by atoms with Crippen LogP contribution < -0.4 is 4.72 Å². The van der Waals surface area contributed by atoms with Crippen molar-refractivity contribution in [2.75, 3.05) is 36.7 Å².